The molecule has 1 aliphatic heterocycles. The summed E-state index contributed by atoms with van der Waals surface area (Å²) in [6.45, 7) is 9.68. The van der Waals surface area contributed by atoms with Gasteiger partial charge in [0, 0.05) is 24.5 Å². The molecule has 0 spiro atoms. The number of halogens is 1. The summed E-state index contributed by atoms with van der Waals surface area (Å²) in [5, 5.41) is 9.00. The van der Waals surface area contributed by atoms with Crippen molar-refractivity contribution in [1.82, 2.24) is 0 Å². The van der Waals surface area contributed by atoms with Crippen LogP contribution in [0.2, 0.25) is 0 Å². The van der Waals surface area contributed by atoms with Crippen LogP contribution in [0.15, 0.2) is 9.98 Å². The predicted octanol–water partition coefficient (Wildman–Crippen LogP) is 0.367. The second-order valence-corrected chi connectivity index (χ2v) is 6.08. The number of rotatable bonds is 0. The van der Waals surface area contributed by atoms with Crippen molar-refractivity contribution >= 4 is 11.4 Å². The van der Waals surface area contributed by atoms with Crippen molar-refractivity contribution in [2.24, 2.45) is 9.98 Å². The first kappa shape index (κ1) is 26.1. The molecule has 0 radical (unpaired) electrons. The van der Waals surface area contributed by atoms with Gasteiger partial charge in [-0.2, -0.15) is 13.1 Å². The molecule has 0 aromatic heterocycles. The zero-order valence-corrected chi connectivity index (χ0v) is 16.0. The van der Waals surface area contributed by atoms with Gasteiger partial charge in [0.1, 0.15) is 0 Å². The van der Waals surface area contributed by atoms with Crippen molar-refractivity contribution in [3.8, 4) is 0 Å². The van der Waals surface area contributed by atoms with Gasteiger partial charge in [-0.3, -0.25) is 9.98 Å². The van der Waals surface area contributed by atoms with E-state index in [-0.39, 0.29) is 16.5 Å². The summed E-state index contributed by atoms with van der Waals surface area (Å²) in [6.07, 6.45) is 4.12. The van der Waals surface area contributed by atoms with Gasteiger partial charge >= 0.3 is 45.4 Å². The third-order valence-electron chi connectivity index (χ3n) is 2.98. The van der Waals surface area contributed by atoms with E-state index < -0.39 is 10.2 Å². The molecule has 0 amide bonds. The Labute approximate surface area is 156 Å². The number of hydrogen-bond donors (Lipinski definition) is 3. The van der Waals surface area contributed by atoms with Crippen molar-refractivity contribution < 1.29 is 45.4 Å². The van der Waals surface area contributed by atoms with E-state index in [1.807, 2.05) is 0 Å². The van der Waals surface area contributed by atoms with Gasteiger partial charge in [0.05, 0.1) is 0 Å². The molecule has 0 bridgehead atoms. The molecule has 0 aromatic rings. The van der Waals surface area contributed by atoms with E-state index in [1.165, 1.54) is 11.4 Å². The van der Waals surface area contributed by atoms with E-state index in [9.17, 15) is 0 Å². The van der Waals surface area contributed by atoms with Crippen LogP contribution in [-0.4, -0.2) is 64.7 Å². The molecule has 146 valence electrons. The molecule has 0 aliphatic carbocycles. The molecule has 0 aromatic carbocycles. The molecular weight excluding hydrogens is 382 g/mol. The maximum absolute atomic E-state index is 8.83. The minimum atomic E-state index is -4.19. The Morgan fingerprint density at radius 2 is 1.21 bits per heavy atom. The van der Waals surface area contributed by atoms with Crippen molar-refractivity contribution in [3.63, 3.8) is 0 Å². The van der Waals surface area contributed by atoms with Crippen LogP contribution >= 0.6 is 0 Å². The number of hydrogen-bond acceptors (Lipinski definition) is 6. The van der Waals surface area contributed by atoms with Crippen molar-refractivity contribution in [2.75, 3.05) is 39.3 Å². The molecule has 0 atom stereocenters. The average molecular weight is 412 g/mol. The minimum absolute atomic E-state index is 0. The van der Waals surface area contributed by atoms with Crippen LogP contribution in [-0.2, 0) is 16.5 Å². The zero-order valence-electron chi connectivity index (χ0n) is 14.3. The fourth-order valence-corrected chi connectivity index (χ4v) is 1.77. The molecule has 8 nitrogen and oxygen atoms in total. The van der Waals surface area contributed by atoms with Gasteiger partial charge in [-0.1, -0.05) is 6.42 Å². The SMILES string of the molecule is CC1=NCCCN=C(C)CC[N-]CCC[N-]CC1.[Ni+2].[O-][Cl+](O)(O)O. The van der Waals surface area contributed by atoms with Gasteiger partial charge in [0.15, 0.2) is 0 Å². The molecule has 10 heteroatoms. The van der Waals surface area contributed by atoms with E-state index in [0.29, 0.717) is 0 Å². The Balaban J connectivity index is 0. The molecule has 0 unspecified atom stereocenters. The molecular formula is C14H29ClN4NiO4. The standard InChI is InChI=1S/C14H26N4.ClH3O4.Ni/c1-13-5-11-15-7-3-8-16-12-6-14(2)18-10-4-9-17-13;2-1(3,4)5;/h3-12H2,1-2H3;2-4H;/q-2;;+2. The van der Waals surface area contributed by atoms with E-state index in [2.05, 4.69) is 34.5 Å². The van der Waals surface area contributed by atoms with Crippen LogP contribution < -0.4 is 4.66 Å². The summed E-state index contributed by atoms with van der Waals surface area (Å²) < 4.78 is 30.2. The summed E-state index contributed by atoms with van der Waals surface area (Å²) in [5.74, 6) is 0. The summed E-state index contributed by atoms with van der Waals surface area (Å²) in [7, 11) is -4.19. The Hall–Kier alpha value is -0.116. The Bertz CT molecular complexity index is 333. The topological polar surface area (TPSA) is 137 Å². The fraction of sp³-hybridized carbons (Fsp3) is 0.857. The fourth-order valence-electron chi connectivity index (χ4n) is 1.77. The Kier molecular flexibility index (Phi) is 17.8. The molecule has 0 saturated heterocycles. The first-order chi connectivity index (χ1) is 10.8. The maximum atomic E-state index is 8.83. The van der Waals surface area contributed by atoms with E-state index in [4.69, 9.17) is 18.6 Å². The number of nitrogens with zero attached hydrogens (tertiary/aromatic N) is 4. The van der Waals surface area contributed by atoms with Crippen LogP contribution in [0.4, 0.5) is 0 Å². The van der Waals surface area contributed by atoms with Gasteiger partial charge in [0.2, 0.25) is 0 Å². The summed E-state index contributed by atoms with van der Waals surface area (Å²) in [6, 6.07) is 0. The van der Waals surface area contributed by atoms with Crippen molar-refractivity contribution in [3.05, 3.63) is 10.6 Å². The van der Waals surface area contributed by atoms with Gasteiger partial charge in [-0.25, -0.2) is 0 Å². The predicted molar refractivity (Wildman–Crippen MR) is 87.3 cm³/mol. The second-order valence-electron chi connectivity index (χ2n) is 5.22. The summed E-state index contributed by atoms with van der Waals surface area (Å²) in [4.78, 5) is 9.09. The Morgan fingerprint density at radius 3 is 1.58 bits per heavy atom. The molecule has 1 aliphatic rings. The average Bonchev–Trinajstić information content (AvgIpc) is 2.42. The Morgan fingerprint density at radius 1 is 0.833 bits per heavy atom. The monoisotopic (exact) mass is 410 g/mol. The third-order valence-corrected chi connectivity index (χ3v) is 2.98. The van der Waals surface area contributed by atoms with Crippen LogP contribution in [0.1, 0.15) is 39.5 Å². The molecule has 1 rings (SSSR count). The van der Waals surface area contributed by atoms with Crippen LogP contribution in [0.25, 0.3) is 10.6 Å². The first-order valence-corrected chi connectivity index (χ1v) is 9.04. The van der Waals surface area contributed by atoms with E-state index >= 15 is 0 Å². The van der Waals surface area contributed by atoms with Gasteiger partial charge < -0.3 is 10.6 Å². The normalized spacial score (nSPS) is 19.8. The zero-order chi connectivity index (χ0) is 17.6. The van der Waals surface area contributed by atoms with E-state index in [0.717, 1.165) is 65.0 Å². The van der Waals surface area contributed by atoms with Crippen molar-refractivity contribution in [2.45, 2.75) is 39.5 Å². The summed E-state index contributed by atoms with van der Waals surface area (Å²) >= 11 is 0. The van der Waals surface area contributed by atoms with E-state index in [1.54, 1.807) is 0 Å². The van der Waals surface area contributed by atoms with Crippen LogP contribution in [0.3, 0.4) is 0 Å². The quantitative estimate of drug-likeness (QED) is 0.496. The molecule has 1 heterocycles. The third kappa shape index (κ3) is 24.1. The second kappa shape index (κ2) is 16.4. The molecule has 0 fully saturated rings. The van der Waals surface area contributed by atoms with Gasteiger partial charge in [0.25, 0.3) is 0 Å². The molecule has 3 N–H and O–H groups in total. The van der Waals surface area contributed by atoms with Crippen molar-refractivity contribution in [1.29, 1.82) is 0 Å². The van der Waals surface area contributed by atoms with Gasteiger partial charge in [-0.05, 0) is 33.1 Å². The van der Waals surface area contributed by atoms with Crippen LogP contribution in [0.5, 0.6) is 0 Å². The van der Waals surface area contributed by atoms with Crippen LogP contribution in [0, 0.1) is 10.2 Å². The summed E-state index contributed by atoms with van der Waals surface area (Å²) in [5.41, 5.74) is 2.44. The molecule has 0 saturated carbocycles. The number of aliphatic imine (C=N–C) groups is 2. The first-order valence-electron chi connectivity index (χ1n) is 7.71. The van der Waals surface area contributed by atoms with Gasteiger partial charge in [-0.15, -0.1) is 13.1 Å². The molecule has 24 heavy (non-hydrogen) atoms.